The van der Waals surface area contributed by atoms with Crippen molar-refractivity contribution in [3.8, 4) is 11.4 Å². The molecule has 1 N–H and O–H groups in total. The number of pyridine rings is 1. The fourth-order valence-electron chi connectivity index (χ4n) is 1.38. The molecule has 0 atom stereocenters. The molecule has 80 valence electrons. The van der Waals surface area contributed by atoms with E-state index in [-0.39, 0.29) is 6.42 Å². The molecule has 0 unspecified atom stereocenters. The molecule has 2 aliphatic rings. The summed E-state index contributed by atoms with van der Waals surface area (Å²) >= 11 is 9.27. The highest BCUT2D eigenvalue weighted by Gasteiger charge is 2.18. The van der Waals surface area contributed by atoms with Crippen molar-refractivity contribution in [3.63, 3.8) is 0 Å². The predicted octanol–water partition coefficient (Wildman–Crippen LogP) is 3.74. The van der Waals surface area contributed by atoms with E-state index < -0.39 is 6.43 Å². The van der Waals surface area contributed by atoms with Crippen LogP contribution >= 0.6 is 27.5 Å². The summed E-state index contributed by atoms with van der Waals surface area (Å²) < 4.78 is 25.2. The van der Waals surface area contributed by atoms with Crippen molar-refractivity contribution in [2.24, 2.45) is 0 Å². The van der Waals surface area contributed by atoms with Crippen molar-refractivity contribution in [3.05, 3.63) is 27.5 Å². The maximum Gasteiger partial charge on any atom is 0.242 e. The van der Waals surface area contributed by atoms with Crippen molar-refractivity contribution in [1.29, 1.82) is 0 Å². The van der Waals surface area contributed by atoms with E-state index in [0.717, 1.165) is 0 Å². The molecule has 0 bridgehead atoms. The maximum atomic E-state index is 12.2. The van der Waals surface area contributed by atoms with Crippen LogP contribution in [0.3, 0.4) is 0 Å². The first-order valence-corrected chi connectivity index (χ1v) is 5.34. The molecule has 0 aliphatic carbocycles. The zero-order valence-corrected chi connectivity index (χ0v) is 9.74. The van der Waals surface area contributed by atoms with Gasteiger partial charge in [-0.2, -0.15) is 0 Å². The summed E-state index contributed by atoms with van der Waals surface area (Å²) in [6.45, 7) is 0. The zero-order chi connectivity index (χ0) is 11.0. The van der Waals surface area contributed by atoms with Gasteiger partial charge in [-0.1, -0.05) is 11.6 Å². The average Bonchev–Trinajstić information content (AvgIpc) is 2.53. The Hall–Kier alpha value is -0.680. The Labute approximate surface area is 98.1 Å². The van der Waals surface area contributed by atoms with Crippen molar-refractivity contribution in [2.45, 2.75) is 12.8 Å². The topological polar surface area (TPSA) is 28.7 Å². The van der Waals surface area contributed by atoms with Crippen LogP contribution in [0.15, 0.2) is 16.9 Å². The normalized spacial score (nSPS) is 11.5. The summed E-state index contributed by atoms with van der Waals surface area (Å²) in [7, 11) is 0. The van der Waals surface area contributed by atoms with Crippen molar-refractivity contribution in [2.75, 3.05) is 0 Å². The highest BCUT2D eigenvalue weighted by atomic mass is 79.9. The number of H-pyrrole nitrogens is 1. The minimum absolute atomic E-state index is 0.327. The summed E-state index contributed by atoms with van der Waals surface area (Å²) in [4.78, 5) is 6.85. The predicted molar refractivity (Wildman–Crippen MR) is 57.6 cm³/mol. The van der Waals surface area contributed by atoms with Gasteiger partial charge in [0.25, 0.3) is 0 Å². The fourth-order valence-corrected chi connectivity index (χ4v) is 2.30. The standard InChI is InChI=1S/C9H6BrClF2N2/c10-5-3-15-9-7(5)8(11)4(2-14-9)1-6(12)13/h2-3,6H,1H2,(H,14,15). The number of hydrogen-bond donors (Lipinski definition) is 1. The second-order valence-corrected chi connectivity index (χ2v) is 4.29. The van der Waals surface area contributed by atoms with Crippen LogP contribution in [0, 0.1) is 0 Å². The number of halogens is 4. The van der Waals surface area contributed by atoms with Crippen molar-refractivity contribution < 1.29 is 8.78 Å². The first-order valence-electron chi connectivity index (χ1n) is 4.17. The third kappa shape index (κ3) is 1.99. The Balaban J connectivity index is 2.53. The monoisotopic (exact) mass is 294 g/mol. The lowest BCUT2D eigenvalue weighted by molar-refractivity contribution is 0.149. The van der Waals surface area contributed by atoms with E-state index in [2.05, 4.69) is 25.9 Å². The Kier molecular flexibility index (Phi) is 2.93. The van der Waals surface area contributed by atoms with Crippen LogP contribution in [0.2, 0.25) is 5.02 Å². The van der Waals surface area contributed by atoms with Gasteiger partial charge in [0.05, 0.1) is 10.6 Å². The van der Waals surface area contributed by atoms with Gasteiger partial charge < -0.3 is 4.98 Å². The second kappa shape index (κ2) is 4.06. The van der Waals surface area contributed by atoms with E-state index in [0.29, 0.717) is 26.4 Å². The van der Waals surface area contributed by atoms with Gasteiger partial charge in [-0.25, -0.2) is 13.8 Å². The average molecular weight is 296 g/mol. The lowest BCUT2D eigenvalue weighted by Gasteiger charge is -2.08. The Morgan fingerprint density at radius 2 is 2.27 bits per heavy atom. The molecule has 6 heteroatoms. The number of nitrogens with zero attached hydrogens (tertiary/aromatic N) is 1. The van der Waals surface area contributed by atoms with Crippen LogP contribution in [0.1, 0.15) is 5.56 Å². The molecule has 0 saturated heterocycles. The smallest absolute Gasteiger partial charge is 0.242 e. The molecule has 0 saturated carbocycles. The highest BCUT2D eigenvalue weighted by molar-refractivity contribution is 9.10. The van der Waals surface area contributed by atoms with Gasteiger partial charge in [-0.3, -0.25) is 0 Å². The first kappa shape index (κ1) is 10.8. The van der Waals surface area contributed by atoms with Crippen LogP contribution in [0.4, 0.5) is 8.78 Å². The van der Waals surface area contributed by atoms with Crippen LogP contribution in [-0.4, -0.2) is 16.4 Å². The fraction of sp³-hybridized carbons (Fsp3) is 0.222. The minimum atomic E-state index is -2.41. The first-order chi connectivity index (χ1) is 7.09. The SMILES string of the molecule is FC(F)Cc1c[nH]c2ncc(Br)c-2c1Cl. The molecule has 0 aromatic rings. The van der Waals surface area contributed by atoms with Crippen LogP contribution in [0.5, 0.6) is 0 Å². The Morgan fingerprint density at radius 3 is 2.93 bits per heavy atom. The molecule has 2 heterocycles. The summed E-state index contributed by atoms with van der Waals surface area (Å²) in [6, 6.07) is 0. The maximum absolute atomic E-state index is 12.2. The molecule has 15 heavy (non-hydrogen) atoms. The number of aromatic nitrogens is 2. The number of alkyl halides is 2. The molecule has 0 fully saturated rings. The van der Waals surface area contributed by atoms with Gasteiger partial charge in [0.2, 0.25) is 6.43 Å². The number of rotatable bonds is 2. The van der Waals surface area contributed by atoms with Crippen LogP contribution < -0.4 is 0 Å². The molecule has 0 amide bonds. The highest BCUT2D eigenvalue weighted by Crippen LogP contribution is 2.37. The summed E-state index contributed by atoms with van der Waals surface area (Å²) in [5.74, 6) is 0.588. The van der Waals surface area contributed by atoms with E-state index >= 15 is 0 Å². The van der Waals surface area contributed by atoms with E-state index in [1.165, 1.54) is 6.20 Å². The summed E-state index contributed by atoms with van der Waals surface area (Å²) in [6.07, 6.45) is 0.285. The molecule has 0 radical (unpaired) electrons. The van der Waals surface area contributed by atoms with E-state index in [1.54, 1.807) is 6.20 Å². The van der Waals surface area contributed by atoms with Crippen molar-refractivity contribution >= 4 is 27.5 Å². The largest absolute Gasteiger partial charge is 0.346 e. The van der Waals surface area contributed by atoms with Gasteiger partial charge in [0.1, 0.15) is 5.82 Å². The molecule has 0 spiro atoms. The third-order valence-corrected chi connectivity index (χ3v) is 3.07. The molecule has 0 aromatic heterocycles. The molecular weight excluding hydrogens is 289 g/mol. The quantitative estimate of drug-likeness (QED) is 0.898. The number of hydrogen-bond acceptors (Lipinski definition) is 1. The molecule has 2 nitrogen and oxygen atoms in total. The molecule has 0 aromatic carbocycles. The zero-order valence-electron chi connectivity index (χ0n) is 7.40. The van der Waals surface area contributed by atoms with Gasteiger partial charge in [0.15, 0.2) is 0 Å². The van der Waals surface area contributed by atoms with Crippen LogP contribution in [0.25, 0.3) is 11.4 Å². The lowest BCUT2D eigenvalue weighted by atomic mass is 10.1. The number of aromatic amines is 1. The lowest BCUT2D eigenvalue weighted by Crippen LogP contribution is -2.00. The van der Waals surface area contributed by atoms with Gasteiger partial charge in [-0.15, -0.1) is 0 Å². The third-order valence-electron chi connectivity index (χ3n) is 2.04. The summed E-state index contributed by atoms with van der Waals surface area (Å²) in [5, 5.41) is 0.327. The van der Waals surface area contributed by atoms with E-state index in [9.17, 15) is 8.78 Å². The summed E-state index contributed by atoms with van der Waals surface area (Å²) in [5.41, 5.74) is 1.04. The number of fused-ring (bicyclic) bond motifs is 1. The molecule has 2 aliphatic heterocycles. The van der Waals surface area contributed by atoms with Gasteiger partial charge in [0, 0.05) is 23.3 Å². The number of nitrogens with one attached hydrogen (secondary N) is 1. The minimum Gasteiger partial charge on any atom is -0.346 e. The van der Waals surface area contributed by atoms with Crippen LogP contribution in [-0.2, 0) is 6.42 Å². The molecule has 2 rings (SSSR count). The van der Waals surface area contributed by atoms with E-state index in [1.807, 2.05) is 0 Å². The Morgan fingerprint density at radius 1 is 1.53 bits per heavy atom. The molecular formula is C9H6BrClF2N2. The van der Waals surface area contributed by atoms with Gasteiger partial charge in [-0.05, 0) is 21.5 Å². The van der Waals surface area contributed by atoms with Crippen molar-refractivity contribution in [1.82, 2.24) is 9.97 Å². The second-order valence-electron chi connectivity index (χ2n) is 3.05. The van der Waals surface area contributed by atoms with E-state index in [4.69, 9.17) is 11.6 Å². The Bertz CT molecular complexity index is 458. The van der Waals surface area contributed by atoms with Gasteiger partial charge >= 0.3 is 0 Å².